The Bertz CT molecular complexity index is 483. The molecular formula is C14H28N4O4S. The number of rotatable bonds is 6. The number of hydrogen-bond acceptors (Lipinski definition) is 5. The molecule has 2 aliphatic heterocycles. The summed E-state index contributed by atoms with van der Waals surface area (Å²) in [5.41, 5.74) is 0. The van der Waals surface area contributed by atoms with Gasteiger partial charge in [0.05, 0.1) is 0 Å². The van der Waals surface area contributed by atoms with Crippen molar-refractivity contribution >= 4 is 16.1 Å². The molecule has 0 aromatic carbocycles. The van der Waals surface area contributed by atoms with Gasteiger partial charge in [0.15, 0.2) is 0 Å². The Morgan fingerprint density at radius 1 is 0.957 bits per heavy atom. The van der Waals surface area contributed by atoms with Crippen molar-refractivity contribution in [1.82, 2.24) is 18.4 Å². The van der Waals surface area contributed by atoms with Crippen LogP contribution in [0.5, 0.6) is 0 Å². The molecule has 134 valence electrons. The zero-order valence-corrected chi connectivity index (χ0v) is 14.9. The van der Waals surface area contributed by atoms with Gasteiger partial charge in [0.25, 0.3) is 10.2 Å². The van der Waals surface area contributed by atoms with Crippen LogP contribution in [0.25, 0.3) is 0 Å². The van der Waals surface area contributed by atoms with Gasteiger partial charge in [-0.05, 0) is 13.5 Å². The molecule has 2 saturated heterocycles. The van der Waals surface area contributed by atoms with Gasteiger partial charge in [-0.2, -0.15) is 17.0 Å². The van der Waals surface area contributed by atoms with E-state index in [1.165, 1.54) is 4.31 Å². The van der Waals surface area contributed by atoms with Crippen LogP contribution in [0.3, 0.4) is 0 Å². The van der Waals surface area contributed by atoms with Gasteiger partial charge in [0.2, 0.25) is 5.91 Å². The minimum Gasteiger partial charge on any atom is -0.372 e. The van der Waals surface area contributed by atoms with Crippen molar-refractivity contribution in [2.24, 2.45) is 0 Å². The third kappa shape index (κ3) is 4.87. The minimum atomic E-state index is -3.41. The number of carbonyl (C=O) groups is 1. The van der Waals surface area contributed by atoms with Gasteiger partial charge < -0.3 is 14.5 Å². The van der Waals surface area contributed by atoms with Crippen molar-refractivity contribution in [2.75, 3.05) is 72.6 Å². The summed E-state index contributed by atoms with van der Waals surface area (Å²) in [6, 6.07) is 0. The van der Waals surface area contributed by atoms with Crippen molar-refractivity contribution in [3.63, 3.8) is 0 Å². The molecule has 8 nitrogen and oxygen atoms in total. The van der Waals surface area contributed by atoms with Crippen LogP contribution in [0.1, 0.15) is 13.3 Å². The summed E-state index contributed by atoms with van der Waals surface area (Å²) in [5.74, 6) is -0.0601. The van der Waals surface area contributed by atoms with Gasteiger partial charge in [-0.25, -0.2) is 0 Å². The lowest BCUT2D eigenvalue weighted by Crippen LogP contribution is -2.57. The molecule has 2 aliphatic rings. The highest BCUT2D eigenvalue weighted by Crippen LogP contribution is 2.14. The number of ether oxygens (including phenoxy) is 1. The molecule has 0 atom stereocenters. The van der Waals surface area contributed by atoms with Crippen molar-refractivity contribution < 1.29 is 17.9 Å². The van der Waals surface area contributed by atoms with Crippen LogP contribution in [0.4, 0.5) is 0 Å². The van der Waals surface area contributed by atoms with Gasteiger partial charge >= 0.3 is 0 Å². The molecule has 0 aromatic rings. The Labute approximate surface area is 139 Å². The Balaban J connectivity index is 1.82. The number of hydrogen-bond donors (Lipinski definition) is 0. The van der Waals surface area contributed by atoms with Crippen molar-refractivity contribution in [3.8, 4) is 0 Å². The molecule has 2 fully saturated rings. The zero-order chi connectivity index (χ0) is 16.9. The fourth-order valence-electron chi connectivity index (χ4n) is 2.75. The molecule has 0 bridgehead atoms. The second-order valence-electron chi connectivity index (χ2n) is 6.04. The second-order valence-corrected chi connectivity index (χ2v) is 7.97. The van der Waals surface area contributed by atoms with Gasteiger partial charge in [0, 0.05) is 59.0 Å². The predicted molar refractivity (Wildman–Crippen MR) is 87.3 cm³/mol. The minimum absolute atomic E-state index is 0.0601. The summed E-state index contributed by atoms with van der Waals surface area (Å²) in [6.45, 7) is 6.80. The first kappa shape index (κ1) is 18.6. The van der Waals surface area contributed by atoms with E-state index < -0.39 is 10.2 Å². The van der Waals surface area contributed by atoms with Crippen LogP contribution in [0, 0.1) is 0 Å². The van der Waals surface area contributed by atoms with E-state index in [0.29, 0.717) is 45.9 Å². The highest BCUT2D eigenvalue weighted by molar-refractivity contribution is 7.86. The third-order valence-corrected chi connectivity index (χ3v) is 6.32. The summed E-state index contributed by atoms with van der Waals surface area (Å²) in [4.78, 5) is 15.8. The molecule has 0 radical (unpaired) electrons. The van der Waals surface area contributed by atoms with Crippen LogP contribution in [0.2, 0.25) is 0 Å². The highest BCUT2D eigenvalue weighted by atomic mass is 32.2. The van der Waals surface area contributed by atoms with Gasteiger partial charge in [-0.15, -0.1) is 0 Å². The second kappa shape index (κ2) is 8.39. The standard InChI is InChI=1S/C14H28N4O4S/c1-3-12-22-13-14(19)16-6-10-18(11-7-16)23(20,21)17-8-4-15(2)5-9-17/h3-13H2,1-2H3. The van der Waals surface area contributed by atoms with E-state index in [9.17, 15) is 13.2 Å². The maximum absolute atomic E-state index is 12.6. The normalized spacial score (nSPS) is 22.4. The Morgan fingerprint density at radius 2 is 1.48 bits per heavy atom. The molecule has 0 N–H and O–H groups in total. The lowest BCUT2D eigenvalue weighted by atomic mass is 10.3. The topological polar surface area (TPSA) is 73.4 Å². The van der Waals surface area contributed by atoms with Crippen molar-refractivity contribution in [1.29, 1.82) is 0 Å². The summed E-state index contributed by atoms with van der Waals surface area (Å²) >= 11 is 0. The molecule has 0 aliphatic carbocycles. The first-order valence-electron chi connectivity index (χ1n) is 8.24. The summed E-state index contributed by atoms with van der Waals surface area (Å²) in [7, 11) is -1.41. The molecule has 2 rings (SSSR count). The smallest absolute Gasteiger partial charge is 0.282 e. The number of nitrogens with zero attached hydrogens (tertiary/aromatic N) is 4. The number of likely N-dealkylation sites (N-methyl/N-ethyl adjacent to an activating group) is 1. The van der Waals surface area contributed by atoms with E-state index >= 15 is 0 Å². The van der Waals surface area contributed by atoms with Gasteiger partial charge in [-0.1, -0.05) is 6.92 Å². The highest BCUT2D eigenvalue weighted by Gasteiger charge is 2.34. The molecular weight excluding hydrogens is 320 g/mol. The molecule has 9 heteroatoms. The monoisotopic (exact) mass is 348 g/mol. The average Bonchev–Trinajstić information content (AvgIpc) is 2.55. The van der Waals surface area contributed by atoms with Crippen LogP contribution >= 0.6 is 0 Å². The lowest BCUT2D eigenvalue weighted by Gasteiger charge is -2.39. The number of piperazine rings is 2. The van der Waals surface area contributed by atoms with Gasteiger partial charge in [0.1, 0.15) is 6.61 Å². The summed E-state index contributed by atoms with van der Waals surface area (Å²) in [6.07, 6.45) is 0.879. The molecule has 2 heterocycles. The zero-order valence-electron chi connectivity index (χ0n) is 14.1. The van der Waals surface area contributed by atoms with E-state index in [4.69, 9.17) is 4.74 Å². The van der Waals surface area contributed by atoms with E-state index in [0.717, 1.165) is 19.5 Å². The van der Waals surface area contributed by atoms with Crippen LogP contribution in [-0.4, -0.2) is 105 Å². The SMILES string of the molecule is CCCOCC(=O)N1CCN(S(=O)(=O)N2CCN(C)CC2)CC1. The Morgan fingerprint density at radius 3 is 2.00 bits per heavy atom. The average molecular weight is 348 g/mol. The van der Waals surface area contributed by atoms with E-state index in [1.807, 2.05) is 14.0 Å². The van der Waals surface area contributed by atoms with Gasteiger partial charge in [-0.3, -0.25) is 4.79 Å². The van der Waals surface area contributed by atoms with Crippen molar-refractivity contribution in [3.05, 3.63) is 0 Å². The fraction of sp³-hybridized carbons (Fsp3) is 0.929. The summed E-state index contributed by atoms with van der Waals surface area (Å²) in [5, 5.41) is 0. The predicted octanol–water partition coefficient (Wildman–Crippen LogP) is -0.951. The maximum Gasteiger partial charge on any atom is 0.282 e. The first-order valence-corrected chi connectivity index (χ1v) is 9.64. The molecule has 23 heavy (non-hydrogen) atoms. The summed E-state index contributed by atoms with van der Waals surface area (Å²) < 4.78 is 33.6. The lowest BCUT2D eigenvalue weighted by molar-refractivity contribution is -0.137. The molecule has 0 spiro atoms. The van der Waals surface area contributed by atoms with E-state index in [2.05, 4.69) is 4.90 Å². The largest absolute Gasteiger partial charge is 0.372 e. The van der Waals surface area contributed by atoms with E-state index in [-0.39, 0.29) is 12.5 Å². The number of carbonyl (C=O) groups excluding carboxylic acids is 1. The van der Waals surface area contributed by atoms with Crippen molar-refractivity contribution in [2.45, 2.75) is 13.3 Å². The first-order chi connectivity index (χ1) is 10.9. The molecule has 0 saturated carbocycles. The van der Waals surface area contributed by atoms with Crippen LogP contribution in [0.15, 0.2) is 0 Å². The van der Waals surface area contributed by atoms with Crippen LogP contribution < -0.4 is 0 Å². The molecule has 0 unspecified atom stereocenters. The molecule has 1 amide bonds. The fourth-order valence-corrected chi connectivity index (χ4v) is 4.32. The Hall–Kier alpha value is -0.740. The maximum atomic E-state index is 12.6. The Kier molecular flexibility index (Phi) is 6.78. The third-order valence-electron chi connectivity index (χ3n) is 4.28. The number of amides is 1. The quantitative estimate of drug-likeness (QED) is 0.579. The molecule has 0 aromatic heterocycles. The van der Waals surface area contributed by atoms with Crippen LogP contribution in [-0.2, 0) is 19.7 Å². The van der Waals surface area contributed by atoms with E-state index in [1.54, 1.807) is 9.21 Å².